The Morgan fingerprint density at radius 2 is 1.70 bits per heavy atom. The van der Waals surface area contributed by atoms with Gasteiger partial charge < -0.3 is 4.90 Å². The van der Waals surface area contributed by atoms with Gasteiger partial charge in [-0.1, -0.05) is 87.5 Å². The predicted molar refractivity (Wildman–Crippen MR) is 136 cm³/mol. The summed E-state index contributed by atoms with van der Waals surface area (Å²) < 4.78 is 24.3. The fourth-order valence-corrected chi connectivity index (χ4v) is 6.11. The zero-order valence-electron chi connectivity index (χ0n) is 19.5. The normalized spacial score (nSPS) is 18.1. The van der Waals surface area contributed by atoms with Gasteiger partial charge in [-0.25, -0.2) is 8.42 Å². The van der Waals surface area contributed by atoms with Crippen molar-refractivity contribution in [2.45, 2.75) is 45.2 Å². The molecule has 0 aromatic heterocycles. The van der Waals surface area contributed by atoms with Gasteiger partial charge in [-0.05, 0) is 45.4 Å². The van der Waals surface area contributed by atoms with Gasteiger partial charge in [0.05, 0.1) is 11.5 Å². The number of hydrogen-bond donors (Lipinski definition) is 0. The highest BCUT2D eigenvalue weighted by Crippen LogP contribution is 2.25. The van der Waals surface area contributed by atoms with Crippen LogP contribution in [0.5, 0.6) is 0 Å². The fourth-order valence-electron chi connectivity index (χ4n) is 4.38. The van der Waals surface area contributed by atoms with E-state index >= 15 is 0 Å². The Labute approximate surface area is 196 Å². The highest BCUT2D eigenvalue weighted by molar-refractivity contribution is 7.91. The molecule has 0 radical (unpaired) electrons. The van der Waals surface area contributed by atoms with E-state index in [1.165, 1.54) is 5.56 Å². The van der Waals surface area contributed by atoms with Gasteiger partial charge in [0.25, 0.3) is 0 Å². The summed E-state index contributed by atoms with van der Waals surface area (Å²) in [5.41, 5.74) is 3.27. The zero-order chi connectivity index (χ0) is 23.6. The standard InChI is InChI=1S/C28H31NO3S/c1-28(2,3)24-14-11-21(12-15-24)13-16-27(30)29(25-17-18-33(31,32)20-25)19-23-9-6-8-22-7-4-5-10-26(22)23/h4-16,25H,17-20H2,1-3H3/b16-13+/t25-/m1/s1. The first-order chi connectivity index (χ1) is 15.6. The molecule has 0 bridgehead atoms. The van der Waals surface area contributed by atoms with Crippen molar-refractivity contribution in [3.63, 3.8) is 0 Å². The van der Waals surface area contributed by atoms with Crippen LogP contribution in [0.15, 0.2) is 72.8 Å². The summed E-state index contributed by atoms with van der Waals surface area (Å²) in [5, 5.41) is 2.19. The maximum atomic E-state index is 13.3. The van der Waals surface area contributed by atoms with E-state index in [0.717, 1.165) is 21.9 Å². The number of hydrogen-bond acceptors (Lipinski definition) is 3. The molecule has 1 saturated heterocycles. The monoisotopic (exact) mass is 461 g/mol. The third-order valence-electron chi connectivity index (χ3n) is 6.35. The first-order valence-corrected chi connectivity index (χ1v) is 13.2. The average molecular weight is 462 g/mol. The molecule has 4 nitrogen and oxygen atoms in total. The van der Waals surface area contributed by atoms with Crippen LogP contribution in [0.2, 0.25) is 0 Å². The van der Waals surface area contributed by atoms with Crippen LogP contribution in [0.3, 0.4) is 0 Å². The van der Waals surface area contributed by atoms with E-state index in [4.69, 9.17) is 0 Å². The summed E-state index contributed by atoms with van der Waals surface area (Å²) >= 11 is 0. The molecule has 3 aromatic rings. The number of carbonyl (C=O) groups excluding carboxylic acids is 1. The summed E-state index contributed by atoms with van der Waals surface area (Å²) in [6.07, 6.45) is 3.86. The van der Waals surface area contributed by atoms with Crippen molar-refractivity contribution in [1.82, 2.24) is 4.90 Å². The Bertz CT molecular complexity index is 1280. The number of fused-ring (bicyclic) bond motifs is 1. The topological polar surface area (TPSA) is 54.5 Å². The maximum absolute atomic E-state index is 13.3. The van der Waals surface area contributed by atoms with Gasteiger partial charge in [0, 0.05) is 18.7 Å². The molecule has 3 aromatic carbocycles. The molecular formula is C28H31NO3S. The summed E-state index contributed by atoms with van der Waals surface area (Å²) in [7, 11) is -3.11. The SMILES string of the molecule is CC(C)(C)c1ccc(/C=C/C(=O)N(Cc2cccc3ccccc23)[C@@H]2CCS(=O)(=O)C2)cc1. The van der Waals surface area contributed by atoms with E-state index in [0.29, 0.717) is 13.0 Å². The lowest BCUT2D eigenvalue weighted by molar-refractivity contribution is -0.128. The van der Waals surface area contributed by atoms with Gasteiger partial charge >= 0.3 is 0 Å². The second kappa shape index (κ2) is 9.14. The Balaban J connectivity index is 1.60. The molecule has 1 heterocycles. The molecular weight excluding hydrogens is 430 g/mol. The Kier molecular flexibility index (Phi) is 6.44. The quantitative estimate of drug-likeness (QED) is 0.480. The molecule has 0 N–H and O–H groups in total. The summed E-state index contributed by atoms with van der Waals surface area (Å²) in [4.78, 5) is 15.1. The van der Waals surface area contributed by atoms with Crippen LogP contribution in [0.1, 0.15) is 43.9 Å². The van der Waals surface area contributed by atoms with Gasteiger partial charge in [0.15, 0.2) is 9.84 Å². The van der Waals surface area contributed by atoms with Crippen LogP contribution < -0.4 is 0 Å². The molecule has 1 amide bonds. The number of benzene rings is 3. The molecule has 1 atom stereocenters. The average Bonchev–Trinajstić information content (AvgIpc) is 3.14. The van der Waals surface area contributed by atoms with Crippen molar-refractivity contribution in [1.29, 1.82) is 0 Å². The molecule has 172 valence electrons. The van der Waals surface area contributed by atoms with E-state index in [9.17, 15) is 13.2 Å². The van der Waals surface area contributed by atoms with Crippen LogP contribution in [-0.2, 0) is 26.6 Å². The maximum Gasteiger partial charge on any atom is 0.247 e. The van der Waals surface area contributed by atoms with Gasteiger partial charge in [0.2, 0.25) is 5.91 Å². The Morgan fingerprint density at radius 3 is 2.36 bits per heavy atom. The van der Waals surface area contributed by atoms with Crippen molar-refractivity contribution in [2.24, 2.45) is 0 Å². The third kappa shape index (κ3) is 5.53. The lowest BCUT2D eigenvalue weighted by Crippen LogP contribution is -2.39. The minimum atomic E-state index is -3.11. The minimum Gasteiger partial charge on any atom is -0.331 e. The fraction of sp³-hybridized carbons (Fsp3) is 0.321. The molecule has 33 heavy (non-hydrogen) atoms. The van der Waals surface area contributed by atoms with Crippen LogP contribution in [0, 0.1) is 0 Å². The van der Waals surface area contributed by atoms with Crippen LogP contribution in [0.4, 0.5) is 0 Å². The summed E-state index contributed by atoms with van der Waals surface area (Å²) in [6.45, 7) is 6.89. The lowest BCUT2D eigenvalue weighted by atomic mass is 9.87. The Hall–Kier alpha value is -2.92. The van der Waals surface area contributed by atoms with Crippen molar-refractivity contribution in [3.05, 3.63) is 89.5 Å². The van der Waals surface area contributed by atoms with Crippen LogP contribution in [0.25, 0.3) is 16.8 Å². The molecule has 0 unspecified atom stereocenters. The molecule has 0 spiro atoms. The molecule has 0 saturated carbocycles. The highest BCUT2D eigenvalue weighted by Gasteiger charge is 2.34. The van der Waals surface area contributed by atoms with Gasteiger partial charge in [0.1, 0.15) is 0 Å². The number of rotatable bonds is 5. The summed E-state index contributed by atoms with van der Waals surface area (Å²) in [6, 6.07) is 22.0. The highest BCUT2D eigenvalue weighted by atomic mass is 32.2. The van der Waals surface area contributed by atoms with Crippen molar-refractivity contribution in [2.75, 3.05) is 11.5 Å². The molecule has 0 aliphatic carbocycles. The second-order valence-corrected chi connectivity index (χ2v) is 12.1. The van der Waals surface area contributed by atoms with Gasteiger partial charge in [-0.15, -0.1) is 0 Å². The molecule has 4 rings (SSSR count). The van der Waals surface area contributed by atoms with Crippen LogP contribution in [-0.4, -0.2) is 36.8 Å². The van der Waals surface area contributed by atoms with Crippen molar-refractivity contribution in [3.8, 4) is 0 Å². The van der Waals surface area contributed by atoms with Crippen molar-refractivity contribution < 1.29 is 13.2 Å². The van der Waals surface area contributed by atoms with E-state index in [2.05, 4.69) is 32.9 Å². The third-order valence-corrected chi connectivity index (χ3v) is 8.10. The first kappa shape index (κ1) is 23.2. The number of carbonyl (C=O) groups is 1. The number of nitrogens with zero attached hydrogens (tertiary/aromatic N) is 1. The predicted octanol–water partition coefficient (Wildman–Crippen LogP) is 5.37. The summed E-state index contributed by atoms with van der Waals surface area (Å²) in [5.74, 6) is -0.00278. The van der Waals surface area contributed by atoms with E-state index < -0.39 is 9.84 Å². The van der Waals surface area contributed by atoms with Crippen LogP contribution >= 0.6 is 0 Å². The molecule has 1 fully saturated rings. The van der Waals surface area contributed by atoms with Crippen molar-refractivity contribution >= 4 is 32.6 Å². The van der Waals surface area contributed by atoms with E-state index in [1.807, 2.05) is 60.7 Å². The number of amides is 1. The zero-order valence-corrected chi connectivity index (χ0v) is 20.3. The molecule has 1 aliphatic heterocycles. The van der Waals surface area contributed by atoms with Gasteiger partial charge in [-0.3, -0.25) is 4.79 Å². The minimum absolute atomic E-state index is 0.0254. The van der Waals surface area contributed by atoms with E-state index in [-0.39, 0.29) is 28.9 Å². The number of sulfone groups is 1. The smallest absolute Gasteiger partial charge is 0.247 e. The van der Waals surface area contributed by atoms with Gasteiger partial charge in [-0.2, -0.15) is 0 Å². The first-order valence-electron chi connectivity index (χ1n) is 11.4. The Morgan fingerprint density at radius 1 is 1.00 bits per heavy atom. The largest absolute Gasteiger partial charge is 0.331 e. The lowest BCUT2D eigenvalue weighted by Gasteiger charge is -2.28. The molecule has 1 aliphatic rings. The van der Waals surface area contributed by atoms with E-state index in [1.54, 1.807) is 11.0 Å². The second-order valence-electron chi connectivity index (χ2n) is 9.87. The molecule has 5 heteroatoms.